The highest BCUT2D eigenvalue weighted by Crippen LogP contribution is 2.39. The number of rotatable bonds is 5. The molecule has 2 heterocycles. The number of carbonyl (C=O) groups is 1. The number of thioether (sulfide) groups is 1. The monoisotopic (exact) mass is 287 g/mol. The summed E-state index contributed by atoms with van der Waals surface area (Å²) in [6.45, 7) is 0.697. The zero-order valence-corrected chi connectivity index (χ0v) is 12.0. The first-order chi connectivity index (χ1) is 9.84. The Hall–Kier alpha value is -1.75. The lowest BCUT2D eigenvalue weighted by molar-refractivity contribution is -0.122. The molecule has 3 rings (SSSR count). The van der Waals surface area contributed by atoms with Gasteiger partial charge in [0.1, 0.15) is 5.82 Å². The van der Waals surface area contributed by atoms with Crippen molar-refractivity contribution < 1.29 is 4.79 Å². The summed E-state index contributed by atoms with van der Waals surface area (Å²) in [5.41, 5.74) is 1.17. The third kappa shape index (κ3) is 2.88. The van der Waals surface area contributed by atoms with Crippen LogP contribution in [0, 0.1) is 0 Å². The molecule has 0 aliphatic carbocycles. The van der Waals surface area contributed by atoms with Gasteiger partial charge in [0.2, 0.25) is 5.91 Å². The number of nitrogens with zero attached hydrogens (tertiary/aromatic N) is 1. The molecule has 1 unspecified atom stereocenters. The number of hydrogen-bond donors (Lipinski definition) is 2. The van der Waals surface area contributed by atoms with Gasteiger partial charge < -0.3 is 10.3 Å². The van der Waals surface area contributed by atoms with Gasteiger partial charge in [-0.25, -0.2) is 4.98 Å². The predicted molar refractivity (Wildman–Crippen MR) is 79.8 cm³/mol. The van der Waals surface area contributed by atoms with Crippen molar-refractivity contribution >= 4 is 17.7 Å². The van der Waals surface area contributed by atoms with E-state index < -0.39 is 0 Å². The largest absolute Gasteiger partial charge is 0.356 e. The number of aromatic nitrogens is 2. The maximum Gasteiger partial charge on any atom is 0.228 e. The van der Waals surface area contributed by atoms with Crippen molar-refractivity contribution in [1.82, 2.24) is 15.3 Å². The molecule has 104 valence electrons. The number of aromatic amines is 1. The first-order valence-electron chi connectivity index (χ1n) is 6.82. The number of H-pyrrole nitrogens is 1. The fourth-order valence-electron chi connectivity index (χ4n) is 2.40. The average Bonchev–Trinajstić information content (AvgIpc) is 3.12. The van der Waals surface area contributed by atoms with Crippen molar-refractivity contribution in [3.05, 3.63) is 48.0 Å². The molecule has 0 radical (unpaired) electrons. The Bertz CT molecular complexity index is 583. The zero-order valence-electron chi connectivity index (χ0n) is 11.1. The van der Waals surface area contributed by atoms with Crippen LogP contribution in [0.2, 0.25) is 0 Å². The van der Waals surface area contributed by atoms with Crippen LogP contribution in [-0.4, -0.2) is 28.2 Å². The Morgan fingerprint density at radius 2 is 2.35 bits per heavy atom. The smallest absolute Gasteiger partial charge is 0.228 e. The van der Waals surface area contributed by atoms with Gasteiger partial charge in [-0.3, -0.25) is 4.79 Å². The number of amides is 1. The minimum absolute atomic E-state index is 0.000173. The van der Waals surface area contributed by atoms with E-state index in [1.165, 1.54) is 10.5 Å². The van der Waals surface area contributed by atoms with E-state index in [1.807, 2.05) is 18.3 Å². The average molecular weight is 287 g/mol. The molecule has 2 N–H and O–H groups in total. The number of hydrogen-bond acceptors (Lipinski definition) is 3. The standard InChI is InChI=1S/C15H17N3OS/c19-15(18-7-3-6-14-16-8-9-17-14)12-10-20-13-5-2-1-4-11(12)13/h1-2,4-5,8-9,12H,3,6-7,10H2,(H,16,17)(H,18,19). The molecular formula is C15H17N3OS. The van der Waals surface area contributed by atoms with Gasteiger partial charge in [-0.2, -0.15) is 0 Å². The van der Waals surface area contributed by atoms with E-state index in [4.69, 9.17) is 0 Å². The van der Waals surface area contributed by atoms with Crippen molar-refractivity contribution in [1.29, 1.82) is 0 Å². The van der Waals surface area contributed by atoms with E-state index >= 15 is 0 Å². The molecule has 1 aromatic carbocycles. The van der Waals surface area contributed by atoms with Gasteiger partial charge in [0.15, 0.2) is 0 Å². The fourth-order valence-corrected chi connectivity index (χ4v) is 3.63. The van der Waals surface area contributed by atoms with Crippen molar-refractivity contribution in [2.45, 2.75) is 23.7 Å². The lowest BCUT2D eigenvalue weighted by atomic mass is 10.0. The highest BCUT2D eigenvalue weighted by molar-refractivity contribution is 7.99. The molecule has 2 aromatic rings. The van der Waals surface area contributed by atoms with Crippen molar-refractivity contribution in [2.75, 3.05) is 12.3 Å². The van der Waals surface area contributed by atoms with E-state index in [0.717, 1.165) is 24.4 Å². The topological polar surface area (TPSA) is 57.8 Å². The summed E-state index contributed by atoms with van der Waals surface area (Å²) in [6, 6.07) is 8.17. The van der Waals surface area contributed by atoms with Crippen LogP contribution in [-0.2, 0) is 11.2 Å². The van der Waals surface area contributed by atoms with E-state index in [1.54, 1.807) is 18.0 Å². The van der Waals surface area contributed by atoms with Gasteiger partial charge >= 0.3 is 0 Å². The van der Waals surface area contributed by atoms with Crippen molar-refractivity contribution in [3.63, 3.8) is 0 Å². The van der Waals surface area contributed by atoms with Gasteiger partial charge in [0, 0.05) is 36.0 Å². The van der Waals surface area contributed by atoms with E-state index in [9.17, 15) is 4.79 Å². The molecule has 0 bridgehead atoms. The van der Waals surface area contributed by atoms with E-state index in [-0.39, 0.29) is 11.8 Å². The maximum atomic E-state index is 12.2. The van der Waals surface area contributed by atoms with E-state index in [2.05, 4.69) is 27.4 Å². The molecule has 1 aliphatic heterocycles. The minimum atomic E-state index is -0.000173. The van der Waals surface area contributed by atoms with Crippen LogP contribution >= 0.6 is 11.8 Å². The summed E-state index contributed by atoms with van der Waals surface area (Å²) >= 11 is 1.77. The molecule has 1 aromatic heterocycles. The number of fused-ring (bicyclic) bond motifs is 1. The van der Waals surface area contributed by atoms with Crippen LogP contribution in [0.15, 0.2) is 41.6 Å². The molecule has 0 spiro atoms. The van der Waals surface area contributed by atoms with Gasteiger partial charge in [0.25, 0.3) is 0 Å². The fraction of sp³-hybridized carbons (Fsp3) is 0.333. The molecule has 1 amide bonds. The quantitative estimate of drug-likeness (QED) is 0.830. The molecule has 5 heteroatoms. The Balaban J connectivity index is 1.48. The molecule has 0 fully saturated rings. The van der Waals surface area contributed by atoms with Crippen LogP contribution in [0.3, 0.4) is 0 Å². The number of carbonyl (C=O) groups excluding carboxylic acids is 1. The SMILES string of the molecule is O=C(NCCCc1ncc[nH]1)C1CSc2ccccc21. The second-order valence-corrected chi connectivity index (χ2v) is 5.89. The lowest BCUT2D eigenvalue weighted by Gasteiger charge is -2.11. The third-order valence-corrected chi connectivity index (χ3v) is 4.64. The normalized spacial score (nSPS) is 16.9. The summed E-state index contributed by atoms with van der Waals surface area (Å²) in [6.07, 6.45) is 5.34. The third-order valence-electron chi connectivity index (χ3n) is 3.46. The highest BCUT2D eigenvalue weighted by Gasteiger charge is 2.28. The Kier molecular flexibility index (Phi) is 4.06. The number of aryl methyl sites for hydroxylation is 1. The Labute approximate surface area is 122 Å². The van der Waals surface area contributed by atoms with Crippen LogP contribution < -0.4 is 5.32 Å². The summed E-state index contributed by atoms with van der Waals surface area (Å²) in [7, 11) is 0. The van der Waals surface area contributed by atoms with Crippen LogP contribution in [0.25, 0.3) is 0 Å². The van der Waals surface area contributed by atoms with Crippen molar-refractivity contribution in [2.24, 2.45) is 0 Å². The Morgan fingerprint density at radius 1 is 1.45 bits per heavy atom. The zero-order chi connectivity index (χ0) is 13.8. The summed E-state index contributed by atoms with van der Waals surface area (Å²) in [5, 5.41) is 3.03. The predicted octanol–water partition coefficient (Wildman–Crippen LogP) is 2.35. The molecule has 1 atom stereocenters. The summed E-state index contributed by atoms with van der Waals surface area (Å²) < 4.78 is 0. The number of nitrogens with one attached hydrogen (secondary N) is 2. The second-order valence-electron chi connectivity index (χ2n) is 4.83. The second kappa shape index (κ2) is 6.13. The first-order valence-corrected chi connectivity index (χ1v) is 7.81. The lowest BCUT2D eigenvalue weighted by Crippen LogP contribution is -2.30. The molecule has 0 saturated heterocycles. The molecule has 0 saturated carbocycles. The molecular weight excluding hydrogens is 270 g/mol. The van der Waals surface area contributed by atoms with Crippen molar-refractivity contribution in [3.8, 4) is 0 Å². The number of imidazole rings is 1. The number of benzene rings is 1. The van der Waals surface area contributed by atoms with E-state index in [0.29, 0.717) is 6.54 Å². The van der Waals surface area contributed by atoms with Gasteiger partial charge in [-0.1, -0.05) is 18.2 Å². The van der Waals surface area contributed by atoms with Crippen LogP contribution in [0.5, 0.6) is 0 Å². The molecule has 1 aliphatic rings. The summed E-state index contributed by atoms with van der Waals surface area (Å²) in [4.78, 5) is 20.7. The van der Waals surface area contributed by atoms with Gasteiger partial charge in [-0.15, -0.1) is 11.8 Å². The molecule has 4 nitrogen and oxygen atoms in total. The van der Waals surface area contributed by atoms with Gasteiger partial charge in [0.05, 0.1) is 5.92 Å². The summed E-state index contributed by atoms with van der Waals surface area (Å²) in [5.74, 6) is 1.96. The first kappa shape index (κ1) is 13.2. The van der Waals surface area contributed by atoms with Crippen LogP contribution in [0.1, 0.15) is 23.7 Å². The minimum Gasteiger partial charge on any atom is -0.356 e. The Morgan fingerprint density at radius 3 is 3.20 bits per heavy atom. The van der Waals surface area contributed by atoms with Crippen LogP contribution in [0.4, 0.5) is 0 Å². The van der Waals surface area contributed by atoms with Gasteiger partial charge in [-0.05, 0) is 18.1 Å². The maximum absolute atomic E-state index is 12.2. The highest BCUT2D eigenvalue weighted by atomic mass is 32.2. The molecule has 20 heavy (non-hydrogen) atoms.